The zero-order valence-electron chi connectivity index (χ0n) is 11.2. The number of hydrogen-bond acceptors (Lipinski definition) is 5. The largest absolute Gasteiger partial charge is 0.504 e. The molecular weight excluding hydrogens is 272 g/mol. The van der Waals surface area contributed by atoms with Gasteiger partial charge in [0.1, 0.15) is 11.5 Å². The van der Waals surface area contributed by atoms with E-state index in [4.69, 9.17) is 9.47 Å². The van der Waals surface area contributed by atoms with Gasteiger partial charge in [0.05, 0.1) is 12.7 Å². The number of Topliss-reactive ketones (excluding diaryl/α,β-unsaturated/α-hetero) is 1. The van der Waals surface area contributed by atoms with Crippen LogP contribution in [-0.2, 0) is 0 Å². The highest BCUT2D eigenvalue weighted by atomic mass is 16.5. The molecule has 0 atom stereocenters. The van der Waals surface area contributed by atoms with Crippen LogP contribution < -0.4 is 9.47 Å². The standard InChI is InChI=1S/C16H12O5/c1-20-10-3-4-11-14(8-10)21-15(16(11)19)7-9-2-5-12(17)13(18)6-9/h2-8,17-18H,1H3/b15-7-. The fraction of sp³-hybridized carbons (Fsp3) is 0.0625. The highest BCUT2D eigenvalue weighted by molar-refractivity contribution is 6.14. The molecule has 0 amide bonds. The van der Waals surface area contributed by atoms with E-state index in [1.807, 2.05) is 0 Å². The summed E-state index contributed by atoms with van der Waals surface area (Å²) in [4.78, 5) is 12.2. The minimum absolute atomic E-state index is 0.156. The molecule has 0 aliphatic carbocycles. The van der Waals surface area contributed by atoms with Gasteiger partial charge in [0.15, 0.2) is 17.3 Å². The smallest absolute Gasteiger partial charge is 0.231 e. The first kappa shape index (κ1) is 13.1. The van der Waals surface area contributed by atoms with Gasteiger partial charge >= 0.3 is 0 Å². The Morgan fingerprint density at radius 2 is 1.90 bits per heavy atom. The van der Waals surface area contributed by atoms with Crippen molar-refractivity contribution in [2.75, 3.05) is 7.11 Å². The summed E-state index contributed by atoms with van der Waals surface area (Å²) in [6.07, 6.45) is 1.51. The summed E-state index contributed by atoms with van der Waals surface area (Å²) in [5.74, 6) is 0.486. The molecule has 3 rings (SSSR count). The third kappa shape index (κ3) is 2.29. The summed E-state index contributed by atoms with van der Waals surface area (Å²) >= 11 is 0. The number of carbonyl (C=O) groups excluding carboxylic acids is 1. The van der Waals surface area contributed by atoms with E-state index in [2.05, 4.69) is 0 Å². The van der Waals surface area contributed by atoms with Crippen molar-refractivity contribution in [1.29, 1.82) is 0 Å². The molecule has 2 N–H and O–H groups in total. The second-order valence-electron chi connectivity index (χ2n) is 4.55. The molecule has 0 saturated heterocycles. The van der Waals surface area contributed by atoms with E-state index in [-0.39, 0.29) is 23.0 Å². The Kier molecular flexibility index (Phi) is 3.02. The van der Waals surface area contributed by atoms with Gasteiger partial charge in [-0.1, -0.05) is 6.07 Å². The Morgan fingerprint density at radius 3 is 2.62 bits per heavy atom. The van der Waals surface area contributed by atoms with E-state index >= 15 is 0 Å². The van der Waals surface area contributed by atoms with E-state index in [1.165, 1.54) is 25.3 Å². The molecule has 5 heteroatoms. The molecule has 5 nitrogen and oxygen atoms in total. The maximum absolute atomic E-state index is 12.2. The van der Waals surface area contributed by atoms with Crippen LogP contribution in [0, 0.1) is 0 Å². The molecule has 21 heavy (non-hydrogen) atoms. The topological polar surface area (TPSA) is 76.0 Å². The molecule has 0 aromatic heterocycles. The summed E-state index contributed by atoms with van der Waals surface area (Å²) in [5, 5.41) is 18.7. The van der Waals surface area contributed by atoms with Crippen molar-refractivity contribution in [3.05, 3.63) is 53.3 Å². The minimum atomic E-state index is -0.256. The summed E-state index contributed by atoms with van der Waals surface area (Å²) in [7, 11) is 1.54. The molecule has 2 aromatic rings. The fourth-order valence-corrected chi connectivity index (χ4v) is 2.08. The van der Waals surface area contributed by atoms with Crippen LogP contribution in [0.5, 0.6) is 23.0 Å². The van der Waals surface area contributed by atoms with E-state index in [0.29, 0.717) is 22.6 Å². The maximum atomic E-state index is 12.2. The van der Waals surface area contributed by atoms with Crippen molar-refractivity contribution in [3.63, 3.8) is 0 Å². The Balaban J connectivity index is 1.96. The minimum Gasteiger partial charge on any atom is -0.504 e. The number of phenols is 2. The molecule has 0 unspecified atom stereocenters. The van der Waals surface area contributed by atoms with Crippen molar-refractivity contribution in [3.8, 4) is 23.0 Å². The number of allylic oxidation sites excluding steroid dienone is 1. The van der Waals surface area contributed by atoms with Crippen LogP contribution in [0.15, 0.2) is 42.2 Å². The lowest BCUT2D eigenvalue weighted by molar-refractivity contribution is 0.101. The molecule has 0 fully saturated rings. The van der Waals surface area contributed by atoms with Crippen molar-refractivity contribution < 1.29 is 24.5 Å². The SMILES string of the molecule is COc1ccc2c(c1)O/C(=C\c1ccc(O)c(O)c1)C2=O. The van der Waals surface area contributed by atoms with E-state index < -0.39 is 0 Å². The molecule has 2 aromatic carbocycles. The van der Waals surface area contributed by atoms with Gasteiger partial charge in [0.2, 0.25) is 5.78 Å². The van der Waals surface area contributed by atoms with Gasteiger partial charge < -0.3 is 19.7 Å². The van der Waals surface area contributed by atoms with Crippen LogP contribution in [-0.4, -0.2) is 23.1 Å². The number of methoxy groups -OCH3 is 1. The lowest BCUT2D eigenvalue weighted by Gasteiger charge is -2.02. The number of ketones is 1. The summed E-state index contributed by atoms with van der Waals surface area (Å²) in [5.41, 5.74) is 1.01. The average Bonchev–Trinajstić information content (AvgIpc) is 2.79. The Bertz CT molecular complexity index is 761. The first-order valence-electron chi connectivity index (χ1n) is 6.23. The summed E-state index contributed by atoms with van der Waals surface area (Å²) in [6, 6.07) is 9.24. The van der Waals surface area contributed by atoms with E-state index in [1.54, 1.807) is 24.3 Å². The fourth-order valence-electron chi connectivity index (χ4n) is 2.08. The Hall–Kier alpha value is -2.95. The van der Waals surface area contributed by atoms with Crippen LogP contribution >= 0.6 is 0 Å². The first-order chi connectivity index (χ1) is 10.1. The van der Waals surface area contributed by atoms with Crippen LogP contribution in [0.3, 0.4) is 0 Å². The molecule has 1 aliphatic rings. The first-order valence-corrected chi connectivity index (χ1v) is 6.23. The van der Waals surface area contributed by atoms with Crippen LogP contribution in [0.25, 0.3) is 6.08 Å². The van der Waals surface area contributed by atoms with Crippen molar-refractivity contribution in [1.82, 2.24) is 0 Å². The zero-order valence-corrected chi connectivity index (χ0v) is 11.2. The average molecular weight is 284 g/mol. The van der Waals surface area contributed by atoms with Crippen molar-refractivity contribution in [2.24, 2.45) is 0 Å². The van der Waals surface area contributed by atoms with Gasteiger partial charge in [-0.2, -0.15) is 0 Å². The highest BCUT2D eigenvalue weighted by Crippen LogP contribution is 2.35. The van der Waals surface area contributed by atoms with E-state index in [9.17, 15) is 15.0 Å². The predicted molar refractivity (Wildman–Crippen MR) is 75.7 cm³/mol. The lowest BCUT2D eigenvalue weighted by Crippen LogP contribution is -1.97. The second-order valence-corrected chi connectivity index (χ2v) is 4.55. The number of aromatic hydroxyl groups is 2. The van der Waals surface area contributed by atoms with Crippen LogP contribution in [0.2, 0.25) is 0 Å². The van der Waals surface area contributed by atoms with Crippen LogP contribution in [0.1, 0.15) is 15.9 Å². The van der Waals surface area contributed by atoms with Gasteiger partial charge in [-0.25, -0.2) is 0 Å². The third-order valence-electron chi connectivity index (χ3n) is 3.17. The highest BCUT2D eigenvalue weighted by Gasteiger charge is 2.27. The number of fused-ring (bicyclic) bond motifs is 1. The molecule has 1 heterocycles. The summed E-state index contributed by atoms with van der Waals surface area (Å²) in [6.45, 7) is 0. The molecule has 1 aliphatic heterocycles. The quantitative estimate of drug-likeness (QED) is 0.655. The second kappa shape index (κ2) is 4.86. The number of ether oxygens (including phenoxy) is 2. The molecule has 0 bridgehead atoms. The van der Waals surface area contributed by atoms with Gasteiger partial charge in [0.25, 0.3) is 0 Å². The predicted octanol–water partition coefficient (Wildman–Crippen LogP) is 2.72. The molecule has 106 valence electrons. The van der Waals surface area contributed by atoms with Crippen LogP contribution in [0.4, 0.5) is 0 Å². The zero-order chi connectivity index (χ0) is 15.0. The number of rotatable bonds is 2. The number of hydrogen-bond donors (Lipinski definition) is 2. The normalized spacial score (nSPS) is 14.9. The Labute approximate surface area is 120 Å². The monoisotopic (exact) mass is 284 g/mol. The van der Waals surface area contributed by atoms with Gasteiger partial charge in [0, 0.05) is 6.07 Å². The van der Waals surface area contributed by atoms with Gasteiger partial charge in [-0.3, -0.25) is 4.79 Å². The number of phenolic OH excluding ortho intramolecular Hbond substituents is 2. The van der Waals surface area contributed by atoms with Crippen molar-refractivity contribution in [2.45, 2.75) is 0 Å². The number of benzene rings is 2. The van der Waals surface area contributed by atoms with Gasteiger partial charge in [-0.15, -0.1) is 0 Å². The molecule has 0 spiro atoms. The number of carbonyl (C=O) groups is 1. The summed E-state index contributed by atoms with van der Waals surface area (Å²) < 4.78 is 10.6. The van der Waals surface area contributed by atoms with Gasteiger partial charge in [-0.05, 0) is 35.9 Å². The lowest BCUT2D eigenvalue weighted by atomic mass is 10.1. The molecular formula is C16H12O5. The maximum Gasteiger partial charge on any atom is 0.231 e. The molecule has 0 radical (unpaired) electrons. The Morgan fingerprint density at radius 1 is 1.10 bits per heavy atom. The van der Waals surface area contributed by atoms with Crippen molar-refractivity contribution >= 4 is 11.9 Å². The molecule has 0 saturated carbocycles. The third-order valence-corrected chi connectivity index (χ3v) is 3.17. The van der Waals surface area contributed by atoms with E-state index in [0.717, 1.165) is 0 Å².